The van der Waals surface area contributed by atoms with E-state index in [1.54, 1.807) is 6.07 Å². The number of carbonyl (C=O) groups is 1. The van der Waals surface area contributed by atoms with Crippen LogP contribution in [0.25, 0.3) is 11.3 Å². The summed E-state index contributed by atoms with van der Waals surface area (Å²) in [5, 5.41) is 7.06. The first-order valence-corrected chi connectivity index (χ1v) is 11.5. The first kappa shape index (κ1) is 22.1. The van der Waals surface area contributed by atoms with Gasteiger partial charge in [-0.3, -0.25) is 9.69 Å². The largest absolute Gasteiger partial charge is 0.354 e. The van der Waals surface area contributed by atoms with Gasteiger partial charge in [0.05, 0.1) is 17.0 Å². The summed E-state index contributed by atoms with van der Waals surface area (Å²) in [5.41, 5.74) is 6.14. The number of nitrogens with one attached hydrogen (secondary N) is 2. The lowest BCUT2D eigenvalue weighted by Gasteiger charge is -2.20. The van der Waals surface area contributed by atoms with Crippen molar-refractivity contribution in [3.63, 3.8) is 0 Å². The molecule has 3 aromatic carbocycles. The fourth-order valence-corrected chi connectivity index (χ4v) is 4.21. The summed E-state index contributed by atoms with van der Waals surface area (Å²) in [7, 11) is 0. The average molecular weight is 446 g/mol. The number of rotatable bonds is 8. The molecule has 1 aliphatic heterocycles. The van der Waals surface area contributed by atoms with Crippen LogP contribution in [0.4, 0.5) is 11.4 Å². The highest BCUT2D eigenvalue weighted by Gasteiger charge is 2.28. The minimum Gasteiger partial charge on any atom is -0.354 e. The molecule has 164 valence electrons. The number of anilines is 2. The van der Waals surface area contributed by atoms with Gasteiger partial charge in [0.25, 0.3) is 5.91 Å². The van der Waals surface area contributed by atoms with Gasteiger partial charge in [-0.25, -0.2) is 0 Å². The second kappa shape index (κ2) is 10.0. The molecule has 0 aliphatic carbocycles. The van der Waals surface area contributed by atoms with Crippen LogP contribution in [-0.4, -0.2) is 23.9 Å². The maximum Gasteiger partial charge on any atom is 0.258 e. The Bertz CT molecular complexity index is 1120. The van der Waals surface area contributed by atoms with Crippen molar-refractivity contribution in [1.82, 2.24) is 4.90 Å². The predicted molar refractivity (Wildman–Crippen MR) is 135 cm³/mol. The lowest BCUT2D eigenvalue weighted by Crippen LogP contribution is -2.23. The molecule has 4 rings (SSSR count). The molecule has 0 spiro atoms. The van der Waals surface area contributed by atoms with Gasteiger partial charge in [-0.2, -0.15) is 0 Å². The van der Waals surface area contributed by atoms with E-state index in [-0.39, 0.29) is 5.91 Å². The average Bonchev–Trinajstić information content (AvgIpc) is 3.13. The van der Waals surface area contributed by atoms with Crippen LogP contribution in [0.3, 0.4) is 0 Å². The fraction of sp³-hybridized carbons (Fsp3) is 0.222. The van der Waals surface area contributed by atoms with Crippen LogP contribution in [-0.2, 0) is 11.3 Å². The van der Waals surface area contributed by atoms with E-state index < -0.39 is 0 Å². The van der Waals surface area contributed by atoms with Crippen LogP contribution in [0.15, 0.2) is 72.8 Å². The molecule has 1 aliphatic rings. The molecule has 1 amide bonds. The summed E-state index contributed by atoms with van der Waals surface area (Å²) in [4.78, 5) is 15.4. The summed E-state index contributed by atoms with van der Waals surface area (Å²) in [6, 6.07) is 23.9. The Morgan fingerprint density at radius 1 is 1.00 bits per heavy atom. The molecule has 4 nitrogen and oxygen atoms in total. The van der Waals surface area contributed by atoms with Crippen LogP contribution in [0, 0.1) is 0 Å². The summed E-state index contributed by atoms with van der Waals surface area (Å²) in [5.74, 6) is -0.136. The van der Waals surface area contributed by atoms with Crippen LogP contribution >= 0.6 is 11.6 Å². The number of hydrogen-bond acceptors (Lipinski definition) is 3. The third-order valence-corrected chi connectivity index (χ3v) is 5.89. The van der Waals surface area contributed by atoms with E-state index in [1.165, 1.54) is 5.56 Å². The monoisotopic (exact) mass is 445 g/mol. The van der Waals surface area contributed by atoms with E-state index in [0.717, 1.165) is 54.3 Å². The second-order valence-corrected chi connectivity index (χ2v) is 8.39. The molecule has 5 heteroatoms. The highest BCUT2D eigenvalue weighted by Crippen LogP contribution is 2.38. The van der Waals surface area contributed by atoms with Crippen molar-refractivity contribution >= 4 is 40.2 Å². The number of amides is 1. The van der Waals surface area contributed by atoms with Crippen LogP contribution in [0.2, 0.25) is 5.02 Å². The maximum atomic E-state index is 13.0. The van der Waals surface area contributed by atoms with Crippen molar-refractivity contribution in [1.29, 1.82) is 0 Å². The molecule has 0 saturated heterocycles. The minimum absolute atomic E-state index is 0.136. The molecule has 0 saturated carbocycles. The van der Waals surface area contributed by atoms with E-state index in [4.69, 9.17) is 11.6 Å². The van der Waals surface area contributed by atoms with E-state index in [1.807, 2.05) is 42.5 Å². The van der Waals surface area contributed by atoms with E-state index >= 15 is 0 Å². The normalized spacial score (nSPS) is 14.3. The molecule has 0 fully saturated rings. The Kier molecular flexibility index (Phi) is 6.93. The number of fused-ring (bicyclic) bond motifs is 1. The predicted octanol–water partition coefficient (Wildman–Crippen LogP) is 6.50. The van der Waals surface area contributed by atoms with Gasteiger partial charge in [0.2, 0.25) is 0 Å². The molecular weight excluding hydrogens is 418 g/mol. The van der Waals surface area contributed by atoms with Crippen molar-refractivity contribution in [2.45, 2.75) is 26.8 Å². The Morgan fingerprint density at radius 2 is 1.75 bits per heavy atom. The molecule has 0 atom stereocenters. The third-order valence-electron chi connectivity index (χ3n) is 5.66. The first-order valence-electron chi connectivity index (χ1n) is 11.1. The Morgan fingerprint density at radius 3 is 2.44 bits per heavy atom. The van der Waals surface area contributed by atoms with Crippen molar-refractivity contribution < 1.29 is 4.79 Å². The zero-order valence-corrected chi connectivity index (χ0v) is 19.2. The maximum absolute atomic E-state index is 13.0. The molecule has 32 heavy (non-hydrogen) atoms. The van der Waals surface area contributed by atoms with E-state index in [2.05, 4.69) is 53.6 Å². The second-order valence-electron chi connectivity index (χ2n) is 7.95. The van der Waals surface area contributed by atoms with Crippen LogP contribution in [0.5, 0.6) is 0 Å². The van der Waals surface area contributed by atoms with E-state index in [0.29, 0.717) is 10.6 Å². The zero-order valence-electron chi connectivity index (χ0n) is 18.5. The molecule has 3 aromatic rings. The zero-order chi connectivity index (χ0) is 22.5. The minimum atomic E-state index is -0.136. The quantitative estimate of drug-likeness (QED) is 0.389. The van der Waals surface area contributed by atoms with Crippen molar-refractivity contribution in [3.05, 3.63) is 94.5 Å². The van der Waals surface area contributed by atoms with Crippen molar-refractivity contribution in [2.24, 2.45) is 0 Å². The lowest BCUT2D eigenvalue weighted by molar-refractivity contribution is -0.110. The lowest BCUT2D eigenvalue weighted by atomic mass is 10.00. The molecule has 0 radical (unpaired) electrons. The number of halogens is 1. The van der Waals surface area contributed by atoms with Gasteiger partial charge in [-0.05, 0) is 54.9 Å². The first-order chi connectivity index (χ1) is 15.6. The van der Waals surface area contributed by atoms with Gasteiger partial charge in [0.15, 0.2) is 0 Å². The van der Waals surface area contributed by atoms with Crippen LogP contribution < -0.4 is 10.6 Å². The molecule has 0 unspecified atom stereocenters. The summed E-state index contributed by atoms with van der Waals surface area (Å²) in [6.07, 6.45) is 1.15. The van der Waals surface area contributed by atoms with Gasteiger partial charge < -0.3 is 10.6 Å². The summed E-state index contributed by atoms with van der Waals surface area (Å²) in [6.45, 7) is 7.48. The van der Waals surface area contributed by atoms with E-state index in [9.17, 15) is 4.79 Å². The third kappa shape index (κ3) is 4.87. The highest BCUT2D eigenvalue weighted by molar-refractivity contribution is 6.38. The van der Waals surface area contributed by atoms with Gasteiger partial charge in [0.1, 0.15) is 0 Å². The molecule has 2 N–H and O–H groups in total. The number of carbonyl (C=O) groups excluding carboxylic acids is 1. The number of nitrogens with zero attached hydrogens (tertiary/aromatic N) is 1. The van der Waals surface area contributed by atoms with Crippen molar-refractivity contribution in [2.75, 3.05) is 23.7 Å². The SMILES string of the molecule is CCCN(CC)Cc1ccc(N/C(=C2\C(=O)Nc3cc(Cl)ccc32)c2ccccc2)cc1. The number of benzene rings is 3. The standard InChI is InChI=1S/C27H28ClN3O/c1-3-16-31(4-2)18-19-10-13-22(14-11-19)29-26(20-8-6-5-7-9-20)25-23-15-12-21(28)17-24(23)30-27(25)32/h5-15,17,29H,3-4,16,18H2,1-2H3,(H,30,32)/b26-25-. The van der Waals surface area contributed by atoms with Gasteiger partial charge in [-0.1, -0.05) is 74.0 Å². The summed E-state index contributed by atoms with van der Waals surface area (Å²) >= 11 is 6.14. The molecule has 0 aromatic heterocycles. The Hall–Kier alpha value is -3.08. The van der Waals surface area contributed by atoms with Crippen LogP contribution in [0.1, 0.15) is 37.0 Å². The number of hydrogen-bond donors (Lipinski definition) is 2. The van der Waals surface area contributed by atoms with Gasteiger partial charge in [0, 0.05) is 22.8 Å². The Balaban J connectivity index is 1.68. The highest BCUT2D eigenvalue weighted by atomic mass is 35.5. The molecular formula is C27H28ClN3O. The fourth-order valence-electron chi connectivity index (χ4n) is 4.04. The molecule has 1 heterocycles. The topological polar surface area (TPSA) is 44.4 Å². The Labute approximate surface area is 194 Å². The smallest absolute Gasteiger partial charge is 0.258 e. The van der Waals surface area contributed by atoms with Gasteiger partial charge in [-0.15, -0.1) is 0 Å². The summed E-state index contributed by atoms with van der Waals surface area (Å²) < 4.78 is 0. The van der Waals surface area contributed by atoms with Gasteiger partial charge >= 0.3 is 0 Å². The van der Waals surface area contributed by atoms with Crippen molar-refractivity contribution in [3.8, 4) is 0 Å². The molecule has 0 bridgehead atoms.